The van der Waals surface area contributed by atoms with Gasteiger partial charge in [0.2, 0.25) is 5.91 Å². The molecule has 2 N–H and O–H groups in total. The second-order valence-corrected chi connectivity index (χ2v) is 5.62. The predicted molar refractivity (Wildman–Crippen MR) is 76.2 cm³/mol. The van der Waals surface area contributed by atoms with Crippen molar-refractivity contribution in [1.29, 1.82) is 0 Å². The molecule has 0 radical (unpaired) electrons. The molecule has 20 heavy (non-hydrogen) atoms. The van der Waals surface area contributed by atoms with Crippen molar-refractivity contribution in [1.82, 2.24) is 5.32 Å². The van der Waals surface area contributed by atoms with Gasteiger partial charge in [-0.3, -0.25) is 4.79 Å². The summed E-state index contributed by atoms with van der Waals surface area (Å²) in [4.78, 5) is 12.1. The van der Waals surface area contributed by atoms with Crippen molar-refractivity contribution in [3.8, 4) is 0 Å². The van der Waals surface area contributed by atoms with Crippen LogP contribution >= 0.6 is 11.6 Å². The molecule has 0 aromatic heterocycles. The van der Waals surface area contributed by atoms with Crippen LogP contribution in [-0.2, 0) is 4.79 Å². The number of carbonyl (C=O) groups is 1. The average molecular weight is 300 g/mol. The highest BCUT2D eigenvalue weighted by atomic mass is 35.5. The lowest BCUT2D eigenvalue weighted by Gasteiger charge is -2.15. The van der Waals surface area contributed by atoms with Crippen molar-refractivity contribution < 1.29 is 14.3 Å². The minimum atomic E-state index is -0.347. The zero-order chi connectivity index (χ0) is 14.7. The van der Waals surface area contributed by atoms with Crippen LogP contribution in [-0.4, -0.2) is 23.7 Å². The molecule has 5 heteroatoms. The summed E-state index contributed by atoms with van der Waals surface area (Å²) in [7, 11) is 0. The lowest BCUT2D eigenvalue weighted by molar-refractivity contribution is -0.123. The quantitative estimate of drug-likeness (QED) is 0.848. The summed E-state index contributed by atoms with van der Waals surface area (Å²) in [5.41, 5.74) is 0.449. The molecule has 0 spiro atoms. The Kier molecular flexibility index (Phi) is 5.00. The van der Waals surface area contributed by atoms with E-state index in [4.69, 9.17) is 16.7 Å². The van der Waals surface area contributed by atoms with Crippen molar-refractivity contribution >= 4 is 17.5 Å². The first-order valence-electron chi connectivity index (χ1n) is 6.93. The van der Waals surface area contributed by atoms with Crippen molar-refractivity contribution in [2.45, 2.75) is 38.1 Å². The fraction of sp³-hybridized carbons (Fsp3) is 0.533. The Bertz CT molecular complexity index is 475. The molecule has 1 fully saturated rings. The topological polar surface area (TPSA) is 49.3 Å². The standard InChI is InChI=1S/C15H19ClFNO2/c1-2-9(6-7-19)18-15(20)11-8-10(11)14-12(16)4-3-5-13(14)17/h3-5,9-11,19H,2,6-8H2,1H3,(H,18,20). The minimum absolute atomic E-state index is 0.0233. The molecule has 0 heterocycles. The number of aliphatic hydroxyl groups is 1. The number of hydrogen-bond donors (Lipinski definition) is 2. The van der Waals surface area contributed by atoms with Crippen molar-refractivity contribution in [3.63, 3.8) is 0 Å². The molecule has 3 unspecified atom stereocenters. The maximum Gasteiger partial charge on any atom is 0.223 e. The number of halogens is 2. The van der Waals surface area contributed by atoms with Gasteiger partial charge in [0.25, 0.3) is 0 Å². The Hall–Kier alpha value is -1.13. The summed E-state index contributed by atoms with van der Waals surface area (Å²) in [5, 5.41) is 12.2. The van der Waals surface area contributed by atoms with E-state index in [2.05, 4.69) is 5.32 Å². The summed E-state index contributed by atoms with van der Waals surface area (Å²) >= 11 is 6.01. The number of aliphatic hydroxyl groups excluding tert-OH is 1. The Morgan fingerprint density at radius 3 is 2.95 bits per heavy atom. The largest absolute Gasteiger partial charge is 0.396 e. The third-order valence-corrected chi connectivity index (χ3v) is 4.14. The molecule has 2 rings (SSSR count). The first-order valence-corrected chi connectivity index (χ1v) is 7.31. The second-order valence-electron chi connectivity index (χ2n) is 5.21. The van der Waals surface area contributed by atoms with Gasteiger partial charge in [-0.25, -0.2) is 4.39 Å². The van der Waals surface area contributed by atoms with Crippen LogP contribution in [0, 0.1) is 11.7 Å². The van der Waals surface area contributed by atoms with Gasteiger partial charge in [-0.05, 0) is 31.4 Å². The highest BCUT2D eigenvalue weighted by Gasteiger charge is 2.46. The minimum Gasteiger partial charge on any atom is -0.396 e. The van der Waals surface area contributed by atoms with Gasteiger partial charge in [-0.2, -0.15) is 0 Å². The SMILES string of the molecule is CCC(CCO)NC(=O)C1CC1c1c(F)cccc1Cl. The van der Waals surface area contributed by atoms with E-state index in [1.165, 1.54) is 6.07 Å². The summed E-state index contributed by atoms with van der Waals surface area (Å²) in [6.07, 6.45) is 1.94. The predicted octanol–water partition coefficient (Wildman–Crippen LogP) is 2.86. The molecule has 1 aromatic rings. The molecule has 110 valence electrons. The molecule has 3 atom stereocenters. The van der Waals surface area contributed by atoms with Gasteiger partial charge in [-0.1, -0.05) is 24.6 Å². The van der Waals surface area contributed by atoms with Gasteiger partial charge < -0.3 is 10.4 Å². The smallest absolute Gasteiger partial charge is 0.223 e. The van der Waals surface area contributed by atoms with Gasteiger partial charge in [-0.15, -0.1) is 0 Å². The number of amides is 1. The highest BCUT2D eigenvalue weighted by molar-refractivity contribution is 6.31. The lowest BCUT2D eigenvalue weighted by Crippen LogP contribution is -2.36. The normalized spacial score (nSPS) is 22.4. The summed E-state index contributed by atoms with van der Waals surface area (Å²) < 4.78 is 13.8. The van der Waals surface area contributed by atoms with Crippen molar-refractivity contribution in [2.24, 2.45) is 5.92 Å². The zero-order valence-corrected chi connectivity index (χ0v) is 12.2. The monoisotopic (exact) mass is 299 g/mol. The second kappa shape index (κ2) is 6.55. The van der Waals surface area contributed by atoms with Crippen LogP contribution in [0.5, 0.6) is 0 Å². The Morgan fingerprint density at radius 2 is 2.35 bits per heavy atom. The number of carbonyl (C=O) groups excluding carboxylic acids is 1. The van der Waals surface area contributed by atoms with Gasteiger partial charge in [0.1, 0.15) is 5.82 Å². The maximum atomic E-state index is 13.8. The molecular formula is C15H19ClFNO2. The van der Waals surface area contributed by atoms with Gasteiger partial charge in [0.05, 0.1) is 0 Å². The van der Waals surface area contributed by atoms with E-state index in [1.54, 1.807) is 12.1 Å². The fourth-order valence-corrected chi connectivity index (χ4v) is 2.81. The Balaban J connectivity index is 1.99. The van der Waals surface area contributed by atoms with Crippen LogP contribution in [0.2, 0.25) is 5.02 Å². The molecule has 1 aliphatic rings. The van der Waals surface area contributed by atoms with E-state index >= 15 is 0 Å². The van der Waals surface area contributed by atoms with Gasteiger partial charge in [0.15, 0.2) is 0 Å². The lowest BCUT2D eigenvalue weighted by atomic mass is 10.1. The number of nitrogens with one attached hydrogen (secondary N) is 1. The maximum absolute atomic E-state index is 13.8. The molecule has 0 saturated heterocycles. The molecule has 0 bridgehead atoms. The number of hydrogen-bond acceptors (Lipinski definition) is 2. The average Bonchev–Trinajstić information content (AvgIpc) is 3.18. The molecule has 0 aliphatic heterocycles. The zero-order valence-electron chi connectivity index (χ0n) is 11.4. The molecule has 1 amide bonds. The molecule has 1 aliphatic carbocycles. The summed E-state index contributed by atoms with van der Waals surface area (Å²) in [6.45, 7) is 2.00. The molecule has 3 nitrogen and oxygen atoms in total. The van der Waals surface area contributed by atoms with E-state index in [1.807, 2.05) is 6.92 Å². The van der Waals surface area contributed by atoms with E-state index in [9.17, 15) is 9.18 Å². The van der Waals surface area contributed by atoms with Crippen molar-refractivity contribution in [3.05, 3.63) is 34.6 Å². The van der Waals surface area contributed by atoms with Gasteiger partial charge in [0, 0.05) is 35.1 Å². The highest BCUT2D eigenvalue weighted by Crippen LogP contribution is 2.50. The van der Waals surface area contributed by atoms with Crippen LogP contribution in [0.15, 0.2) is 18.2 Å². The van der Waals surface area contributed by atoms with E-state index < -0.39 is 0 Å². The first kappa shape index (κ1) is 15.3. The molecule has 1 saturated carbocycles. The summed E-state index contributed by atoms with van der Waals surface area (Å²) in [5.74, 6) is -0.762. The fourth-order valence-electron chi connectivity index (χ4n) is 2.51. The van der Waals surface area contributed by atoms with E-state index in [0.29, 0.717) is 23.4 Å². The third kappa shape index (κ3) is 3.30. The molecule has 1 aromatic carbocycles. The van der Waals surface area contributed by atoms with Crippen LogP contribution < -0.4 is 5.32 Å². The van der Waals surface area contributed by atoms with E-state index in [0.717, 1.165) is 6.42 Å². The van der Waals surface area contributed by atoms with Gasteiger partial charge >= 0.3 is 0 Å². The van der Waals surface area contributed by atoms with Crippen LogP contribution in [0.1, 0.15) is 37.7 Å². The first-order chi connectivity index (χ1) is 9.58. The number of rotatable bonds is 6. The molecular weight excluding hydrogens is 281 g/mol. The van der Waals surface area contributed by atoms with Crippen LogP contribution in [0.4, 0.5) is 4.39 Å². The van der Waals surface area contributed by atoms with Crippen molar-refractivity contribution in [2.75, 3.05) is 6.61 Å². The van der Waals surface area contributed by atoms with Crippen LogP contribution in [0.3, 0.4) is 0 Å². The van der Waals surface area contributed by atoms with Crippen LogP contribution in [0.25, 0.3) is 0 Å². The van der Waals surface area contributed by atoms with E-state index in [-0.39, 0.29) is 36.2 Å². The third-order valence-electron chi connectivity index (χ3n) is 3.81. The Labute approximate surface area is 123 Å². The Morgan fingerprint density at radius 1 is 1.60 bits per heavy atom. The number of benzene rings is 1. The summed E-state index contributed by atoms with van der Waals surface area (Å²) in [6, 6.07) is 4.56.